The van der Waals surface area contributed by atoms with E-state index in [2.05, 4.69) is 134 Å². The summed E-state index contributed by atoms with van der Waals surface area (Å²) in [4.78, 5) is 14.2. The number of benzene rings is 2. The van der Waals surface area contributed by atoms with Gasteiger partial charge < -0.3 is 4.79 Å². The monoisotopic (exact) mass is 608 g/mol. The van der Waals surface area contributed by atoms with Gasteiger partial charge in [0.1, 0.15) is 5.78 Å². The van der Waals surface area contributed by atoms with Gasteiger partial charge in [-0.3, -0.25) is 0 Å². The molecule has 0 aliphatic rings. The number of carbonyl (C=O) groups excluding carboxylic acids is 1. The van der Waals surface area contributed by atoms with Crippen molar-refractivity contribution in [2.75, 3.05) is 0 Å². The number of ketones is 1. The van der Waals surface area contributed by atoms with Crippen LogP contribution in [0, 0.1) is 0 Å². The second-order valence-electron chi connectivity index (χ2n) is 16.8. The number of carbonyl (C=O) groups is 1. The summed E-state index contributed by atoms with van der Waals surface area (Å²) < 4.78 is -0.0617. The summed E-state index contributed by atoms with van der Waals surface area (Å²) in [5.41, 5.74) is 8.48. The molecule has 0 amide bonds. The van der Waals surface area contributed by atoms with Gasteiger partial charge in [-0.15, -0.1) is 23.5 Å². The van der Waals surface area contributed by atoms with Crippen molar-refractivity contribution in [3.8, 4) is 0 Å². The molecule has 2 aromatic rings. The van der Waals surface area contributed by atoms with E-state index < -0.39 is 0 Å². The molecule has 0 atom stereocenters. The van der Waals surface area contributed by atoms with Crippen LogP contribution in [0.4, 0.5) is 0 Å². The zero-order chi connectivity index (χ0) is 32.5. The largest absolute Gasteiger partial charge is 0.300 e. The van der Waals surface area contributed by atoms with Gasteiger partial charge in [-0.1, -0.05) is 101 Å². The maximum Gasteiger partial charge on any atom is 0.129 e. The highest BCUT2D eigenvalue weighted by Gasteiger charge is 2.30. The van der Waals surface area contributed by atoms with Crippen LogP contribution in [0.25, 0.3) is 0 Å². The van der Waals surface area contributed by atoms with Crippen molar-refractivity contribution in [2.45, 2.75) is 165 Å². The average Bonchev–Trinajstić information content (AvgIpc) is 2.76. The van der Waals surface area contributed by atoms with Gasteiger partial charge >= 0.3 is 0 Å². The molecule has 0 unspecified atom stereocenters. The van der Waals surface area contributed by atoms with Crippen LogP contribution < -0.4 is 0 Å². The molecular formula is C39H60OS2. The van der Waals surface area contributed by atoms with Gasteiger partial charge in [0.2, 0.25) is 0 Å². The van der Waals surface area contributed by atoms with E-state index in [1.54, 1.807) is 6.92 Å². The third-order valence-corrected chi connectivity index (χ3v) is 10.1. The Hall–Kier alpha value is -1.45. The highest BCUT2D eigenvalue weighted by Crippen LogP contribution is 2.49. The fourth-order valence-electron chi connectivity index (χ4n) is 5.27. The molecule has 0 aliphatic carbocycles. The molecule has 1 nitrogen and oxygen atoms in total. The van der Waals surface area contributed by atoms with Crippen molar-refractivity contribution in [1.82, 2.24) is 0 Å². The first-order valence-corrected chi connectivity index (χ1v) is 17.3. The van der Waals surface area contributed by atoms with E-state index in [-0.39, 0.29) is 31.5 Å². The first kappa shape index (κ1) is 36.7. The Kier molecular flexibility index (Phi) is 11.6. The third kappa shape index (κ3) is 10.9. The molecular weight excluding hydrogens is 549 g/mol. The SMILES string of the molecule is C=C(CCCC(C)=O)Cc1c(C(C)(C)C)cc(SC(C)(C)Sc2cc(C(C)(C)C)cc(C(C)(C)C)c2)cc1C(C)(C)C. The van der Waals surface area contributed by atoms with Crippen LogP contribution in [0.2, 0.25) is 0 Å². The quantitative estimate of drug-likeness (QED) is 0.152. The molecule has 0 aliphatic heterocycles. The Morgan fingerprint density at radius 3 is 1.38 bits per heavy atom. The molecule has 234 valence electrons. The van der Waals surface area contributed by atoms with Crippen molar-refractivity contribution in [1.29, 1.82) is 0 Å². The van der Waals surface area contributed by atoms with Crippen molar-refractivity contribution < 1.29 is 4.79 Å². The van der Waals surface area contributed by atoms with Gasteiger partial charge in [-0.2, -0.15) is 0 Å². The molecule has 0 radical (unpaired) electrons. The maximum atomic E-state index is 11.5. The fourth-order valence-corrected chi connectivity index (χ4v) is 7.88. The van der Waals surface area contributed by atoms with Crippen LogP contribution in [-0.2, 0) is 32.9 Å². The number of hydrogen-bond acceptors (Lipinski definition) is 3. The van der Waals surface area contributed by atoms with Gasteiger partial charge in [0.05, 0.1) is 4.08 Å². The molecule has 0 fully saturated rings. The third-order valence-electron chi connectivity index (χ3n) is 7.69. The van der Waals surface area contributed by atoms with Gasteiger partial charge in [-0.25, -0.2) is 0 Å². The number of Topliss-reactive ketones (excluding diaryl/α,β-unsaturated/α-hetero) is 1. The van der Waals surface area contributed by atoms with Crippen LogP contribution in [0.1, 0.15) is 151 Å². The Labute approximate surface area is 268 Å². The summed E-state index contributed by atoms with van der Waals surface area (Å²) in [6, 6.07) is 12.1. The highest BCUT2D eigenvalue weighted by atomic mass is 32.2. The lowest BCUT2D eigenvalue weighted by molar-refractivity contribution is -0.117. The zero-order valence-electron chi connectivity index (χ0n) is 29.6. The summed E-state index contributed by atoms with van der Waals surface area (Å²) in [5, 5.41) is 0. The van der Waals surface area contributed by atoms with Gasteiger partial charge in [0, 0.05) is 16.2 Å². The number of rotatable bonds is 10. The Morgan fingerprint density at radius 1 is 0.619 bits per heavy atom. The molecule has 2 aromatic carbocycles. The molecule has 0 aromatic heterocycles. The summed E-state index contributed by atoms with van der Waals surface area (Å²) in [7, 11) is 0. The molecule has 42 heavy (non-hydrogen) atoms. The van der Waals surface area contributed by atoms with Crippen molar-refractivity contribution in [3.63, 3.8) is 0 Å². The predicted octanol–water partition coefficient (Wildman–Crippen LogP) is 12.4. The Morgan fingerprint density at radius 2 is 1.02 bits per heavy atom. The lowest BCUT2D eigenvalue weighted by atomic mass is 9.74. The van der Waals surface area contributed by atoms with Crippen LogP contribution in [0.3, 0.4) is 0 Å². The lowest BCUT2D eigenvalue weighted by Gasteiger charge is -2.33. The minimum Gasteiger partial charge on any atom is -0.300 e. The normalized spacial score (nSPS) is 13.4. The van der Waals surface area contributed by atoms with Crippen LogP contribution in [0.15, 0.2) is 52.3 Å². The second kappa shape index (κ2) is 13.3. The molecule has 0 spiro atoms. The molecule has 3 heteroatoms. The zero-order valence-corrected chi connectivity index (χ0v) is 31.3. The summed E-state index contributed by atoms with van der Waals surface area (Å²) in [5.74, 6) is 0.259. The summed E-state index contributed by atoms with van der Waals surface area (Å²) >= 11 is 3.95. The number of thioether (sulfide) groups is 2. The van der Waals surface area contributed by atoms with E-state index in [1.165, 1.54) is 43.2 Å². The van der Waals surface area contributed by atoms with Gasteiger partial charge in [0.25, 0.3) is 0 Å². The van der Waals surface area contributed by atoms with Crippen molar-refractivity contribution >= 4 is 29.3 Å². The molecule has 0 heterocycles. The van der Waals surface area contributed by atoms with Gasteiger partial charge in [-0.05, 0) is 114 Å². The Balaban J connectivity index is 2.54. The molecule has 2 rings (SSSR count). The summed E-state index contributed by atoms with van der Waals surface area (Å²) in [6.45, 7) is 38.7. The second-order valence-corrected chi connectivity index (χ2v) is 20.5. The molecule has 0 saturated carbocycles. The number of allylic oxidation sites excluding steroid dienone is 1. The van der Waals surface area contributed by atoms with Crippen LogP contribution >= 0.6 is 23.5 Å². The first-order chi connectivity index (χ1) is 18.8. The van der Waals surface area contributed by atoms with Crippen LogP contribution in [-0.4, -0.2) is 9.86 Å². The number of hydrogen-bond donors (Lipinski definition) is 0. The average molecular weight is 609 g/mol. The van der Waals surface area contributed by atoms with E-state index >= 15 is 0 Å². The van der Waals surface area contributed by atoms with E-state index in [0.29, 0.717) is 6.42 Å². The van der Waals surface area contributed by atoms with Crippen LogP contribution in [0.5, 0.6) is 0 Å². The smallest absolute Gasteiger partial charge is 0.129 e. The Bertz CT molecular complexity index is 1200. The van der Waals surface area contributed by atoms with E-state index in [9.17, 15) is 4.79 Å². The lowest BCUT2D eigenvalue weighted by Crippen LogP contribution is -2.22. The fraction of sp³-hybridized carbons (Fsp3) is 0.615. The topological polar surface area (TPSA) is 17.1 Å². The first-order valence-electron chi connectivity index (χ1n) is 15.7. The van der Waals surface area contributed by atoms with Gasteiger partial charge in [0.15, 0.2) is 0 Å². The van der Waals surface area contributed by atoms with Crippen molar-refractivity contribution in [2.24, 2.45) is 0 Å². The predicted molar refractivity (Wildman–Crippen MR) is 191 cm³/mol. The van der Waals surface area contributed by atoms with Crippen molar-refractivity contribution in [3.05, 3.63) is 70.3 Å². The highest BCUT2D eigenvalue weighted by molar-refractivity contribution is 8.18. The molecule has 0 bridgehead atoms. The molecule has 0 N–H and O–H groups in total. The van der Waals surface area contributed by atoms with E-state index in [4.69, 9.17) is 0 Å². The summed E-state index contributed by atoms with van der Waals surface area (Å²) in [6.07, 6.45) is 3.29. The maximum absolute atomic E-state index is 11.5. The minimum atomic E-state index is -0.0617. The van der Waals surface area contributed by atoms with E-state index in [1.807, 2.05) is 23.5 Å². The molecule has 0 saturated heterocycles. The standard InChI is InChI=1S/C39H60OS2/c1-26(18-17-19-27(2)40)20-32-33(37(9,10)11)24-31(25-34(32)38(12,13)14)42-39(15,16)41-30-22-28(35(3,4)5)21-29(23-30)36(6,7)8/h21-25H,1,17-20H2,2-16H3. The minimum absolute atomic E-state index is 0.00546. The van der Waals surface area contributed by atoms with E-state index in [0.717, 1.165) is 19.3 Å².